The summed E-state index contributed by atoms with van der Waals surface area (Å²) < 4.78 is 30.5. The number of halogens is 2. The summed E-state index contributed by atoms with van der Waals surface area (Å²) in [6.07, 6.45) is 0. The van der Waals surface area contributed by atoms with Gasteiger partial charge in [-0.15, -0.1) is 0 Å². The van der Waals surface area contributed by atoms with Gasteiger partial charge in [0.2, 0.25) is 0 Å². The highest BCUT2D eigenvalue weighted by Crippen LogP contribution is 2.16. The molecule has 1 aromatic rings. The third kappa shape index (κ3) is 3.70. The summed E-state index contributed by atoms with van der Waals surface area (Å²) in [6, 6.07) is 3.03. The zero-order valence-electron chi connectivity index (χ0n) is 8.18. The molecule has 4 heteroatoms. The van der Waals surface area contributed by atoms with Gasteiger partial charge in [-0.1, -0.05) is 0 Å². The van der Waals surface area contributed by atoms with Crippen LogP contribution in [-0.4, -0.2) is 12.1 Å². The Bertz CT molecular complexity index is 300. The lowest BCUT2D eigenvalue weighted by Gasteiger charge is -2.18. The van der Waals surface area contributed by atoms with E-state index >= 15 is 0 Å². The Balaban J connectivity index is 2.68. The minimum absolute atomic E-state index is 0.154. The fourth-order valence-corrected chi connectivity index (χ4v) is 0.881. The maximum atomic E-state index is 12.7. The molecule has 0 atom stereocenters. The normalized spacial score (nSPS) is 11.5. The molecule has 0 amide bonds. The molecule has 78 valence electrons. The number of benzene rings is 1. The molecular weight excluding hydrogens is 188 g/mol. The lowest BCUT2D eigenvalue weighted by atomic mass is 10.1. The standard InChI is InChI=1S/C10H13F2NO/c1-10(2,13)6-14-9-4-7(11)3-8(12)5-9/h3-5H,6,13H2,1-2H3. The van der Waals surface area contributed by atoms with Crippen molar-refractivity contribution in [2.24, 2.45) is 5.73 Å². The van der Waals surface area contributed by atoms with Gasteiger partial charge in [-0.25, -0.2) is 8.78 Å². The van der Waals surface area contributed by atoms with Crippen LogP contribution in [0, 0.1) is 11.6 Å². The zero-order chi connectivity index (χ0) is 10.8. The first-order valence-electron chi connectivity index (χ1n) is 4.25. The van der Waals surface area contributed by atoms with Crippen LogP contribution in [0.15, 0.2) is 18.2 Å². The van der Waals surface area contributed by atoms with E-state index in [9.17, 15) is 8.78 Å². The van der Waals surface area contributed by atoms with Gasteiger partial charge in [0.1, 0.15) is 24.0 Å². The Labute approximate surface area is 81.7 Å². The van der Waals surface area contributed by atoms with Gasteiger partial charge in [0, 0.05) is 23.7 Å². The van der Waals surface area contributed by atoms with Crippen LogP contribution >= 0.6 is 0 Å². The molecule has 0 fully saturated rings. The lowest BCUT2D eigenvalue weighted by Crippen LogP contribution is -2.38. The van der Waals surface area contributed by atoms with Crippen molar-refractivity contribution < 1.29 is 13.5 Å². The van der Waals surface area contributed by atoms with Crippen LogP contribution in [0.5, 0.6) is 5.75 Å². The predicted octanol–water partition coefficient (Wildman–Crippen LogP) is 2.08. The van der Waals surface area contributed by atoms with Crippen LogP contribution < -0.4 is 10.5 Å². The molecule has 0 saturated heterocycles. The highest BCUT2D eigenvalue weighted by atomic mass is 19.1. The summed E-state index contributed by atoms with van der Waals surface area (Å²) in [5.74, 6) is -1.16. The summed E-state index contributed by atoms with van der Waals surface area (Å²) in [5, 5.41) is 0. The number of rotatable bonds is 3. The lowest BCUT2D eigenvalue weighted by molar-refractivity contribution is 0.241. The molecule has 0 heterocycles. The third-order valence-corrected chi connectivity index (χ3v) is 1.45. The van der Waals surface area contributed by atoms with E-state index in [4.69, 9.17) is 10.5 Å². The minimum atomic E-state index is -0.658. The number of ether oxygens (including phenoxy) is 1. The average molecular weight is 201 g/mol. The first kappa shape index (κ1) is 10.9. The van der Waals surface area contributed by atoms with Crippen molar-refractivity contribution in [3.63, 3.8) is 0 Å². The maximum Gasteiger partial charge on any atom is 0.129 e. The molecule has 14 heavy (non-hydrogen) atoms. The summed E-state index contributed by atoms with van der Waals surface area (Å²) in [6.45, 7) is 3.74. The molecule has 1 rings (SSSR count). The van der Waals surface area contributed by atoms with Crippen molar-refractivity contribution >= 4 is 0 Å². The Morgan fingerprint density at radius 3 is 2.14 bits per heavy atom. The fourth-order valence-electron chi connectivity index (χ4n) is 0.881. The number of hydrogen-bond acceptors (Lipinski definition) is 2. The quantitative estimate of drug-likeness (QED) is 0.812. The largest absolute Gasteiger partial charge is 0.491 e. The van der Waals surface area contributed by atoms with Crippen molar-refractivity contribution in [1.82, 2.24) is 0 Å². The van der Waals surface area contributed by atoms with Crippen molar-refractivity contribution in [3.8, 4) is 5.75 Å². The summed E-state index contributed by atoms with van der Waals surface area (Å²) in [5.41, 5.74) is 5.12. The number of hydrogen-bond donors (Lipinski definition) is 1. The second kappa shape index (κ2) is 3.92. The van der Waals surface area contributed by atoms with Crippen LogP contribution in [0.1, 0.15) is 13.8 Å². The summed E-state index contributed by atoms with van der Waals surface area (Å²) >= 11 is 0. The van der Waals surface area contributed by atoms with Gasteiger partial charge >= 0.3 is 0 Å². The van der Waals surface area contributed by atoms with Crippen LogP contribution in [0.2, 0.25) is 0 Å². The molecule has 0 saturated carbocycles. The molecule has 2 N–H and O–H groups in total. The van der Waals surface area contributed by atoms with Gasteiger partial charge in [0.25, 0.3) is 0 Å². The zero-order valence-corrected chi connectivity index (χ0v) is 8.18. The minimum Gasteiger partial charge on any atom is -0.491 e. The second-order valence-electron chi connectivity index (χ2n) is 3.88. The highest BCUT2D eigenvalue weighted by Gasteiger charge is 2.12. The van der Waals surface area contributed by atoms with Gasteiger partial charge in [-0.3, -0.25) is 0 Å². The molecule has 2 nitrogen and oxygen atoms in total. The third-order valence-electron chi connectivity index (χ3n) is 1.45. The van der Waals surface area contributed by atoms with Gasteiger partial charge in [-0.2, -0.15) is 0 Å². The van der Waals surface area contributed by atoms with Crippen molar-refractivity contribution in [2.45, 2.75) is 19.4 Å². The van der Waals surface area contributed by atoms with Gasteiger partial charge in [0.05, 0.1) is 0 Å². The van der Waals surface area contributed by atoms with Crippen LogP contribution in [-0.2, 0) is 0 Å². The van der Waals surface area contributed by atoms with Crippen molar-refractivity contribution in [3.05, 3.63) is 29.8 Å². The summed E-state index contributed by atoms with van der Waals surface area (Å²) in [7, 11) is 0. The van der Waals surface area contributed by atoms with E-state index in [0.29, 0.717) is 0 Å². The van der Waals surface area contributed by atoms with E-state index in [1.54, 1.807) is 13.8 Å². The monoisotopic (exact) mass is 201 g/mol. The smallest absolute Gasteiger partial charge is 0.129 e. The van der Waals surface area contributed by atoms with Crippen LogP contribution in [0.3, 0.4) is 0 Å². The Kier molecular flexibility index (Phi) is 3.06. The number of nitrogens with two attached hydrogens (primary N) is 1. The molecule has 0 spiro atoms. The van der Waals surface area contributed by atoms with E-state index in [-0.39, 0.29) is 12.4 Å². The molecule has 0 unspecified atom stereocenters. The first-order chi connectivity index (χ1) is 6.37. The van der Waals surface area contributed by atoms with E-state index in [1.807, 2.05) is 0 Å². The molecule has 0 aliphatic heterocycles. The van der Waals surface area contributed by atoms with E-state index in [0.717, 1.165) is 18.2 Å². The van der Waals surface area contributed by atoms with Gasteiger partial charge in [0.15, 0.2) is 0 Å². The molecule has 0 aromatic heterocycles. The maximum absolute atomic E-state index is 12.7. The second-order valence-corrected chi connectivity index (χ2v) is 3.88. The van der Waals surface area contributed by atoms with Gasteiger partial charge in [-0.05, 0) is 13.8 Å². The fraction of sp³-hybridized carbons (Fsp3) is 0.400. The van der Waals surface area contributed by atoms with Crippen LogP contribution in [0.4, 0.5) is 8.78 Å². The molecule has 0 aliphatic rings. The highest BCUT2D eigenvalue weighted by molar-refractivity contribution is 5.23. The average Bonchev–Trinajstić information content (AvgIpc) is 1.97. The Morgan fingerprint density at radius 1 is 1.21 bits per heavy atom. The topological polar surface area (TPSA) is 35.2 Å². The predicted molar refractivity (Wildman–Crippen MR) is 50.1 cm³/mol. The van der Waals surface area contributed by atoms with Crippen molar-refractivity contribution in [1.29, 1.82) is 0 Å². The Morgan fingerprint density at radius 2 is 1.71 bits per heavy atom. The molecular formula is C10H13F2NO. The molecule has 0 aliphatic carbocycles. The van der Waals surface area contributed by atoms with E-state index < -0.39 is 17.2 Å². The molecule has 0 bridgehead atoms. The van der Waals surface area contributed by atoms with E-state index in [2.05, 4.69) is 0 Å². The van der Waals surface area contributed by atoms with Crippen LogP contribution in [0.25, 0.3) is 0 Å². The molecule has 0 radical (unpaired) electrons. The SMILES string of the molecule is CC(C)(N)COc1cc(F)cc(F)c1. The Hall–Kier alpha value is -1.16. The van der Waals surface area contributed by atoms with Gasteiger partial charge < -0.3 is 10.5 Å². The first-order valence-corrected chi connectivity index (χ1v) is 4.25. The van der Waals surface area contributed by atoms with Crippen molar-refractivity contribution in [2.75, 3.05) is 6.61 Å². The van der Waals surface area contributed by atoms with E-state index in [1.165, 1.54) is 0 Å². The summed E-state index contributed by atoms with van der Waals surface area (Å²) in [4.78, 5) is 0. The molecule has 1 aromatic carbocycles.